The van der Waals surface area contributed by atoms with Crippen molar-refractivity contribution in [1.82, 2.24) is 31.2 Å². The molecule has 34 nitrogen and oxygen atoms in total. The number of carbonyl (C=O) groups is 7. The normalized spacial score (nSPS) is 34.3. The molecule has 5 heterocycles. The largest absolute Gasteiger partial charge is 0.394 e. The molecule has 0 saturated carbocycles. The summed E-state index contributed by atoms with van der Waals surface area (Å²) in [5.74, 6) is -4.53. The number of aliphatic hydroxyl groups excluding tert-OH is 12. The number of hydrogen-bond acceptors (Lipinski definition) is 29. The maximum Gasteiger partial charge on any atom is 0.333 e. The first kappa shape index (κ1) is 71.4. The minimum atomic E-state index is -1.99. The van der Waals surface area contributed by atoms with E-state index in [-0.39, 0.29) is 64.4 Å². The Balaban J connectivity index is 1.11. The summed E-state index contributed by atoms with van der Waals surface area (Å²) in [7, 11) is 0. The Morgan fingerprint density at radius 3 is 1.49 bits per heavy atom. The number of nitrogens with zero attached hydrogens (tertiary/aromatic N) is 2. The third-order valence-corrected chi connectivity index (χ3v) is 14.7. The molecule has 0 aromatic carbocycles. The van der Waals surface area contributed by atoms with Crippen LogP contribution in [0.15, 0.2) is 0 Å². The van der Waals surface area contributed by atoms with Gasteiger partial charge in [-0.2, -0.15) is 0 Å². The molecule has 16 N–H and O–H groups in total. The molecule has 0 unspecified atom stereocenters. The second kappa shape index (κ2) is 35.6. The smallest absolute Gasteiger partial charge is 0.333 e. The predicted octanol–water partition coefficient (Wildman–Crippen LogP) is -8.93. The molecule has 85 heavy (non-hydrogen) atoms. The highest BCUT2D eigenvalue weighted by molar-refractivity contribution is 6.01. The molecule has 20 atom stereocenters. The summed E-state index contributed by atoms with van der Waals surface area (Å²) in [6.45, 7) is -0.614. The number of amides is 6. The van der Waals surface area contributed by atoms with E-state index in [4.69, 9.17) is 42.7 Å². The lowest BCUT2D eigenvalue weighted by atomic mass is 9.91. The maximum atomic E-state index is 13.4. The van der Waals surface area contributed by atoms with E-state index >= 15 is 0 Å². The molecule has 0 aromatic heterocycles. The second-order valence-electron chi connectivity index (χ2n) is 21.4. The summed E-state index contributed by atoms with van der Waals surface area (Å²) in [5, 5.41) is 136. The van der Waals surface area contributed by atoms with Crippen LogP contribution in [0.25, 0.3) is 0 Å². The van der Waals surface area contributed by atoms with Gasteiger partial charge in [-0.15, -0.1) is 5.06 Å². The molecule has 5 aliphatic heterocycles. The fourth-order valence-corrected chi connectivity index (χ4v) is 9.64. The quantitative estimate of drug-likeness (QED) is 0.0210. The average molecular weight is 1230 g/mol. The Bertz CT molecular complexity index is 2110. The average Bonchev–Trinajstić information content (AvgIpc) is 4.02. The van der Waals surface area contributed by atoms with E-state index in [1.165, 1.54) is 4.90 Å². The Hall–Kier alpha value is -4.35. The first-order valence-corrected chi connectivity index (χ1v) is 28.5. The second-order valence-corrected chi connectivity index (χ2v) is 21.4. The number of rotatable bonds is 34. The summed E-state index contributed by atoms with van der Waals surface area (Å²) in [5.41, 5.74) is 0. The van der Waals surface area contributed by atoms with Gasteiger partial charge in [0.1, 0.15) is 79.4 Å². The van der Waals surface area contributed by atoms with E-state index < -0.39 is 204 Å². The molecule has 5 aliphatic rings. The highest BCUT2D eigenvalue weighted by Crippen LogP contribution is 2.31. The molecular weight excluding hydrogens is 1140 g/mol. The molecule has 5 saturated heterocycles. The molecule has 488 valence electrons. The van der Waals surface area contributed by atoms with E-state index in [0.29, 0.717) is 43.6 Å². The summed E-state index contributed by atoms with van der Waals surface area (Å²) < 4.78 is 44.6. The molecule has 34 heteroatoms. The molecule has 6 amide bonds. The molecule has 0 spiro atoms. The van der Waals surface area contributed by atoms with Crippen molar-refractivity contribution in [2.45, 2.75) is 195 Å². The number of imide groups is 1. The maximum absolute atomic E-state index is 13.4. The van der Waals surface area contributed by atoms with Crippen LogP contribution in [-0.2, 0) is 76.3 Å². The topological polar surface area (TPSA) is 500 Å². The third kappa shape index (κ3) is 21.4. The minimum absolute atomic E-state index is 0.0490. The Labute approximate surface area is 488 Å². The van der Waals surface area contributed by atoms with Crippen LogP contribution in [0.3, 0.4) is 0 Å². The first-order chi connectivity index (χ1) is 40.4. The molecule has 0 bridgehead atoms. The number of hydrogen-bond donors (Lipinski definition) is 16. The lowest BCUT2D eigenvalue weighted by molar-refractivity contribution is -0.366. The van der Waals surface area contributed by atoms with E-state index in [0.717, 1.165) is 0 Å². The van der Waals surface area contributed by atoms with Crippen molar-refractivity contribution in [1.29, 1.82) is 0 Å². The lowest BCUT2D eigenvalue weighted by Gasteiger charge is -2.46. The van der Waals surface area contributed by atoms with Gasteiger partial charge in [-0.25, -0.2) is 4.79 Å². The SMILES string of the molecule is C[C@H]1[C@H](O)[C@H](OCCNC(=O)CCCCCNC(=O)CN(CC(=O)NCCCCCC(=O)ON2C(=O)CCC2=O)CC(=O)NCCO[C@H]2O[C@H](CO[C@H]3O[C@H](CO)[C@@H](O)[C@H](O)[C@@H]3O)[C@@H](O)[C@H](O[C@H]3O[C@H](CO)[C@@H](O)[C@H](O)[C@@H]3O)[C@@H]2O)O[C@@H](C)[C@H]1O. The van der Waals surface area contributed by atoms with Gasteiger partial charge in [0.05, 0.1) is 64.9 Å². The van der Waals surface area contributed by atoms with Crippen molar-refractivity contribution in [3.05, 3.63) is 0 Å². The van der Waals surface area contributed by atoms with Gasteiger partial charge in [0.2, 0.25) is 23.6 Å². The van der Waals surface area contributed by atoms with Crippen molar-refractivity contribution >= 4 is 41.4 Å². The molecule has 0 aromatic rings. The zero-order valence-corrected chi connectivity index (χ0v) is 47.4. The number of ether oxygens (including phenoxy) is 8. The molecular formula is C51H86N6O28. The first-order valence-electron chi connectivity index (χ1n) is 28.5. The number of carbonyl (C=O) groups excluding carboxylic acids is 7. The number of hydroxylamine groups is 2. The summed E-state index contributed by atoms with van der Waals surface area (Å²) in [6.07, 6.45) is -27.4. The number of aliphatic hydroxyl groups is 12. The van der Waals surface area contributed by atoms with Gasteiger partial charge in [0.15, 0.2) is 25.2 Å². The van der Waals surface area contributed by atoms with Crippen molar-refractivity contribution < 1.29 is 138 Å². The minimum Gasteiger partial charge on any atom is -0.394 e. The third-order valence-electron chi connectivity index (χ3n) is 14.7. The van der Waals surface area contributed by atoms with Gasteiger partial charge in [0.25, 0.3) is 11.8 Å². The van der Waals surface area contributed by atoms with Crippen LogP contribution in [0.5, 0.6) is 0 Å². The van der Waals surface area contributed by atoms with Crippen LogP contribution in [0.2, 0.25) is 0 Å². The fourth-order valence-electron chi connectivity index (χ4n) is 9.64. The van der Waals surface area contributed by atoms with Crippen LogP contribution in [-0.4, -0.2) is 308 Å². The zero-order valence-electron chi connectivity index (χ0n) is 47.4. The van der Waals surface area contributed by atoms with Crippen molar-refractivity contribution in [2.24, 2.45) is 5.92 Å². The van der Waals surface area contributed by atoms with Crippen molar-refractivity contribution in [2.75, 3.05) is 78.8 Å². The number of unbranched alkanes of at least 4 members (excludes halogenated alkanes) is 4. The molecule has 0 radical (unpaired) electrons. The van der Waals surface area contributed by atoms with E-state index in [2.05, 4.69) is 21.3 Å². The monoisotopic (exact) mass is 1230 g/mol. The van der Waals surface area contributed by atoms with Gasteiger partial charge in [-0.05, 0) is 32.6 Å². The van der Waals surface area contributed by atoms with Crippen LogP contribution in [0.4, 0.5) is 0 Å². The van der Waals surface area contributed by atoms with E-state index in [1.54, 1.807) is 13.8 Å². The van der Waals surface area contributed by atoms with Crippen LogP contribution >= 0.6 is 0 Å². The van der Waals surface area contributed by atoms with E-state index in [9.17, 15) is 94.8 Å². The van der Waals surface area contributed by atoms with Crippen molar-refractivity contribution in [3.8, 4) is 0 Å². The molecule has 5 rings (SSSR count). The standard InChI is InChI=1S/C51H86N6O28/c1-25-37(67)26(2)80-48(38(25)68)77-17-15-54-30(60)9-5-3-7-13-52-31(61)19-56(20-32(62)53-14-8-4-6-10-36(66)85-57-34(64)11-12-35(57)65)21-33(63)55-16-18-78-50-46(76)47(84-51-45(75)43(73)40(70)28(23-59)82-51)41(71)29(83-50)24-79-49-44(74)42(72)39(69)27(22-58)81-49/h25-29,37-51,58-59,67-76H,3-24H2,1-2H3,(H,52,61)(H,53,62)(H,54,60)(H,55,63)/t25-,26+,27-,28-,29-,37+,38+,39-,40-,41-,42+,43+,44+,45+,46+,47+,48-,49+,50+,51-/m1/s1. The Morgan fingerprint density at radius 1 is 0.494 bits per heavy atom. The van der Waals surface area contributed by atoms with Gasteiger partial charge in [0, 0.05) is 57.8 Å². The highest BCUT2D eigenvalue weighted by Gasteiger charge is 2.52. The van der Waals surface area contributed by atoms with Crippen LogP contribution in [0, 0.1) is 5.92 Å². The van der Waals surface area contributed by atoms with Gasteiger partial charge >= 0.3 is 5.97 Å². The lowest BCUT2D eigenvalue weighted by Crippen LogP contribution is -2.65. The Morgan fingerprint density at radius 2 is 0.953 bits per heavy atom. The molecule has 5 fully saturated rings. The predicted molar refractivity (Wildman–Crippen MR) is 279 cm³/mol. The summed E-state index contributed by atoms with van der Waals surface area (Å²) in [6, 6.07) is 0. The Kier molecular flexibility index (Phi) is 29.9. The molecule has 0 aliphatic carbocycles. The zero-order chi connectivity index (χ0) is 62.5. The fraction of sp³-hybridized carbons (Fsp3) is 0.863. The van der Waals surface area contributed by atoms with Crippen LogP contribution < -0.4 is 21.3 Å². The van der Waals surface area contributed by atoms with Gasteiger partial charge in [-0.3, -0.25) is 33.7 Å². The van der Waals surface area contributed by atoms with Gasteiger partial charge in [-0.1, -0.05) is 19.8 Å². The van der Waals surface area contributed by atoms with Crippen molar-refractivity contribution in [3.63, 3.8) is 0 Å². The number of nitrogens with one attached hydrogen (secondary N) is 4. The van der Waals surface area contributed by atoms with Gasteiger partial charge < -0.3 is 125 Å². The van der Waals surface area contributed by atoms with E-state index in [1.807, 2.05) is 0 Å². The van der Waals surface area contributed by atoms with Crippen LogP contribution in [0.1, 0.15) is 78.1 Å². The highest BCUT2D eigenvalue weighted by atomic mass is 16.8. The summed E-state index contributed by atoms with van der Waals surface area (Å²) in [4.78, 5) is 93.8. The summed E-state index contributed by atoms with van der Waals surface area (Å²) >= 11 is 0.